The van der Waals surface area contributed by atoms with E-state index >= 15 is 0 Å². The minimum atomic E-state index is -7.25. The summed E-state index contributed by atoms with van der Waals surface area (Å²) in [5, 5.41) is -6.95. The Labute approximate surface area is 112 Å². The zero-order chi connectivity index (χ0) is 17.5. The standard InChI is InChI=1S/C8H9F9O3S/c1-2-3-4(9)5(10,11)6(12,13)7(14,15)8(16,17)21(18,19)20/h4H,2-3H2,1H3,(H,18,19,20). The summed E-state index contributed by atoms with van der Waals surface area (Å²) in [4.78, 5) is 0. The summed E-state index contributed by atoms with van der Waals surface area (Å²) in [6, 6.07) is 0. The number of halogens is 9. The molecule has 0 aliphatic rings. The molecule has 1 atom stereocenters. The van der Waals surface area contributed by atoms with E-state index < -0.39 is 52.2 Å². The number of alkyl halides is 9. The Balaban J connectivity index is 6.00. The summed E-state index contributed by atoms with van der Waals surface area (Å²) in [7, 11) is -7.16. The van der Waals surface area contributed by atoms with Crippen LogP contribution >= 0.6 is 0 Å². The fourth-order valence-electron chi connectivity index (χ4n) is 1.19. The highest BCUT2D eigenvalue weighted by atomic mass is 32.2. The topological polar surface area (TPSA) is 54.4 Å². The number of hydrogen-bond donors (Lipinski definition) is 1. The van der Waals surface area contributed by atoms with Gasteiger partial charge in [0.15, 0.2) is 6.17 Å². The molecule has 0 spiro atoms. The van der Waals surface area contributed by atoms with Crippen LogP contribution in [0.5, 0.6) is 0 Å². The monoisotopic (exact) mass is 356 g/mol. The molecular formula is C8H9F9O3S. The van der Waals surface area contributed by atoms with Crippen molar-refractivity contribution in [3.63, 3.8) is 0 Å². The Bertz CT molecular complexity index is 473. The lowest BCUT2D eigenvalue weighted by Crippen LogP contribution is -2.66. The number of hydrogen-bond acceptors (Lipinski definition) is 2. The van der Waals surface area contributed by atoms with E-state index in [4.69, 9.17) is 4.55 Å². The minimum Gasteiger partial charge on any atom is -0.281 e. The van der Waals surface area contributed by atoms with Crippen LogP contribution in [-0.2, 0) is 10.1 Å². The minimum absolute atomic E-state index is 0.507. The fraction of sp³-hybridized carbons (Fsp3) is 1.00. The van der Waals surface area contributed by atoms with Gasteiger partial charge >= 0.3 is 33.1 Å². The largest absolute Gasteiger partial charge is 0.438 e. The SMILES string of the molecule is CCCC(F)C(F)(F)C(F)(F)C(F)(F)C(F)(F)S(=O)(=O)O. The molecule has 0 aromatic rings. The zero-order valence-corrected chi connectivity index (χ0v) is 10.9. The molecule has 128 valence electrons. The van der Waals surface area contributed by atoms with Gasteiger partial charge in [0.1, 0.15) is 0 Å². The van der Waals surface area contributed by atoms with Crippen molar-refractivity contribution in [3.8, 4) is 0 Å². The molecule has 0 fully saturated rings. The first-order valence-electron chi connectivity index (χ1n) is 5.10. The Morgan fingerprint density at radius 1 is 0.952 bits per heavy atom. The van der Waals surface area contributed by atoms with Crippen molar-refractivity contribution in [2.45, 2.75) is 49.0 Å². The molecule has 0 saturated carbocycles. The van der Waals surface area contributed by atoms with Crippen LogP contribution in [-0.4, -0.2) is 42.2 Å². The van der Waals surface area contributed by atoms with Crippen molar-refractivity contribution in [2.24, 2.45) is 0 Å². The Morgan fingerprint density at radius 2 is 1.33 bits per heavy atom. The van der Waals surface area contributed by atoms with Crippen LogP contribution in [0.3, 0.4) is 0 Å². The molecule has 13 heteroatoms. The van der Waals surface area contributed by atoms with Gasteiger partial charge in [0, 0.05) is 0 Å². The molecule has 1 N–H and O–H groups in total. The van der Waals surface area contributed by atoms with E-state index in [0.29, 0.717) is 0 Å². The summed E-state index contributed by atoms with van der Waals surface area (Å²) in [6.45, 7) is 1.02. The molecule has 0 rings (SSSR count). The molecule has 0 radical (unpaired) electrons. The third-order valence-electron chi connectivity index (χ3n) is 2.44. The maximum absolute atomic E-state index is 13.0. The second kappa shape index (κ2) is 5.48. The predicted octanol–water partition coefficient (Wildman–Crippen LogP) is 3.51. The number of rotatable bonds is 7. The molecule has 0 saturated heterocycles. The van der Waals surface area contributed by atoms with Crippen molar-refractivity contribution in [1.29, 1.82) is 0 Å². The van der Waals surface area contributed by atoms with Gasteiger partial charge in [-0.15, -0.1) is 0 Å². The lowest BCUT2D eigenvalue weighted by Gasteiger charge is -2.36. The van der Waals surface area contributed by atoms with Crippen molar-refractivity contribution in [3.05, 3.63) is 0 Å². The smallest absolute Gasteiger partial charge is 0.281 e. The van der Waals surface area contributed by atoms with Crippen LogP contribution in [0.4, 0.5) is 39.5 Å². The molecule has 3 nitrogen and oxygen atoms in total. The molecule has 0 heterocycles. The molecule has 0 aromatic carbocycles. The summed E-state index contributed by atoms with van der Waals surface area (Å²) in [6.07, 6.45) is -5.80. The summed E-state index contributed by atoms with van der Waals surface area (Å²) >= 11 is 0. The molecule has 0 aromatic heterocycles. The van der Waals surface area contributed by atoms with E-state index in [0.717, 1.165) is 6.92 Å². The van der Waals surface area contributed by atoms with Crippen LogP contribution in [0, 0.1) is 0 Å². The Morgan fingerprint density at radius 3 is 1.62 bits per heavy atom. The fourth-order valence-corrected chi connectivity index (χ4v) is 1.64. The second-order valence-corrected chi connectivity index (χ2v) is 5.48. The van der Waals surface area contributed by atoms with Gasteiger partial charge in [0.2, 0.25) is 0 Å². The molecule has 1 unspecified atom stereocenters. The van der Waals surface area contributed by atoms with Gasteiger partial charge in [-0.2, -0.15) is 43.5 Å². The highest BCUT2D eigenvalue weighted by Crippen LogP contribution is 2.55. The Hall–Kier alpha value is -0.720. The first-order chi connectivity index (χ1) is 8.98. The maximum Gasteiger partial charge on any atom is 0.438 e. The van der Waals surface area contributed by atoms with Crippen LogP contribution in [0.2, 0.25) is 0 Å². The van der Waals surface area contributed by atoms with Gasteiger partial charge in [-0.25, -0.2) is 4.39 Å². The summed E-state index contributed by atoms with van der Waals surface area (Å²) < 4.78 is 144. The summed E-state index contributed by atoms with van der Waals surface area (Å²) in [5.41, 5.74) is 0. The van der Waals surface area contributed by atoms with Gasteiger partial charge in [-0.3, -0.25) is 4.55 Å². The molecule has 0 amide bonds. The van der Waals surface area contributed by atoms with Crippen molar-refractivity contribution < 1.29 is 52.5 Å². The first-order valence-corrected chi connectivity index (χ1v) is 6.54. The van der Waals surface area contributed by atoms with E-state index in [1.165, 1.54) is 0 Å². The van der Waals surface area contributed by atoms with E-state index in [9.17, 15) is 47.9 Å². The predicted molar refractivity (Wildman–Crippen MR) is 51.1 cm³/mol. The average Bonchev–Trinajstić information content (AvgIpc) is 2.26. The summed E-state index contributed by atoms with van der Waals surface area (Å²) in [5.74, 6) is -20.6. The maximum atomic E-state index is 13.0. The van der Waals surface area contributed by atoms with E-state index in [1.54, 1.807) is 0 Å². The van der Waals surface area contributed by atoms with Crippen LogP contribution in [0.15, 0.2) is 0 Å². The van der Waals surface area contributed by atoms with Crippen molar-refractivity contribution in [2.75, 3.05) is 0 Å². The van der Waals surface area contributed by atoms with Gasteiger partial charge in [-0.1, -0.05) is 13.3 Å². The van der Waals surface area contributed by atoms with Crippen molar-refractivity contribution >= 4 is 10.1 Å². The van der Waals surface area contributed by atoms with Gasteiger partial charge < -0.3 is 0 Å². The van der Waals surface area contributed by atoms with E-state index in [2.05, 4.69) is 0 Å². The highest BCUT2D eigenvalue weighted by Gasteiger charge is 2.85. The molecular weight excluding hydrogens is 347 g/mol. The zero-order valence-electron chi connectivity index (χ0n) is 10.1. The van der Waals surface area contributed by atoms with Gasteiger partial charge in [0.05, 0.1) is 0 Å². The molecule has 0 bridgehead atoms. The third kappa shape index (κ3) is 2.94. The van der Waals surface area contributed by atoms with Gasteiger partial charge in [-0.05, 0) is 6.42 Å². The van der Waals surface area contributed by atoms with E-state index in [1.807, 2.05) is 0 Å². The lowest BCUT2D eigenvalue weighted by molar-refractivity contribution is -0.359. The van der Waals surface area contributed by atoms with Crippen LogP contribution in [0.1, 0.15) is 19.8 Å². The quantitative estimate of drug-likeness (QED) is 0.561. The average molecular weight is 356 g/mol. The molecule has 0 aliphatic heterocycles. The van der Waals surface area contributed by atoms with Crippen LogP contribution in [0.25, 0.3) is 0 Å². The van der Waals surface area contributed by atoms with Gasteiger partial charge in [0.25, 0.3) is 0 Å². The molecule has 0 aliphatic carbocycles. The third-order valence-corrected chi connectivity index (χ3v) is 3.34. The lowest BCUT2D eigenvalue weighted by atomic mass is 9.98. The normalized spacial score (nSPS) is 16.9. The van der Waals surface area contributed by atoms with E-state index in [-0.39, 0.29) is 0 Å². The van der Waals surface area contributed by atoms with Crippen molar-refractivity contribution in [1.82, 2.24) is 0 Å². The highest BCUT2D eigenvalue weighted by molar-refractivity contribution is 7.87. The van der Waals surface area contributed by atoms with Crippen LogP contribution < -0.4 is 0 Å². The molecule has 21 heavy (non-hydrogen) atoms. The second-order valence-electron chi connectivity index (χ2n) is 4.02. The first kappa shape index (κ1) is 20.3. The Kier molecular flexibility index (Phi) is 5.29.